The van der Waals surface area contributed by atoms with Gasteiger partial charge < -0.3 is 19.7 Å². The van der Waals surface area contributed by atoms with Gasteiger partial charge in [-0.05, 0) is 17.9 Å². The van der Waals surface area contributed by atoms with E-state index in [4.69, 9.17) is 9.47 Å². The summed E-state index contributed by atoms with van der Waals surface area (Å²) in [7, 11) is 3.30. The van der Waals surface area contributed by atoms with Crippen molar-refractivity contribution in [3.8, 4) is 0 Å². The number of urea groups is 1. The number of nitrogens with zero attached hydrogens (tertiary/aromatic N) is 1. The second-order valence-corrected chi connectivity index (χ2v) is 5.28. The van der Waals surface area contributed by atoms with Gasteiger partial charge in [-0.15, -0.1) is 0 Å². The molecular formula is C18H24N2O3. The molecule has 2 aromatic rings. The van der Waals surface area contributed by atoms with Crippen LogP contribution < -0.4 is 5.32 Å². The van der Waals surface area contributed by atoms with Gasteiger partial charge in [-0.3, -0.25) is 0 Å². The largest absolute Gasteiger partial charge is 0.385 e. The molecular weight excluding hydrogens is 292 g/mol. The van der Waals surface area contributed by atoms with E-state index in [1.165, 1.54) is 0 Å². The van der Waals surface area contributed by atoms with Crippen LogP contribution in [0.25, 0.3) is 10.8 Å². The van der Waals surface area contributed by atoms with E-state index < -0.39 is 0 Å². The molecule has 0 aliphatic carbocycles. The summed E-state index contributed by atoms with van der Waals surface area (Å²) in [6.45, 7) is 2.32. The molecule has 0 unspecified atom stereocenters. The topological polar surface area (TPSA) is 50.8 Å². The molecule has 0 saturated heterocycles. The lowest BCUT2D eigenvalue weighted by Crippen LogP contribution is -2.38. The summed E-state index contributed by atoms with van der Waals surface area (Å²) in [6.07, 6.45) is 0.795. The zero-order valence-corrected chi connectivity index (χ0v) is 13.7. The monoisotopic (exact) mass is 316 g/mol. The van der Waals surface area contributed by atoms with Crippen LogP contribution in [0.5, 0.6) is 0 Å². The van der Waals surface area contributed by atoms with Gasteiger partial charge in [-0.25, -0.2) is 4.79 Å². The number of methoxy groups -OCH3 is 2. The van der Waals surface area contributed by atoms with Crippen LogP contribution in [0.1, 0.15) is 6.42 Å². The first-order chi connectivity index (χ1) is 11.3. The van der Waals surface area contributed by atoms with Crippen LogP contribution in [0.2, 0.25) is 0 Å². The standard InChI is InChI=1S/C18H24N2O3/c1-22-13-6-11-20(12-14-23-2)18(21)19-17-10-5-8-15-7-3-4-9-16(15)17/h3-5,7-10H,6,11-14H2,1-2H3,(H,19,21). The van der Waals surface area contributed by atoms with Gasteiger partial charge in [0.05, 0.1) is 12.3 Å². The summed E-state index contributed by atoms with van der Waals surface area (Å²) < 4.78 is 10.2. The Morgan fingerprint density at radius 1 is 1.00 bits per heavy atom. The summed E-state index contributed by atoms with van der Waals surface area (Å²) in [5, 5.41) is 5.15. The number of hydrogen-bond acceptors (Lipinski definition) is 3. The predicted molar refractivity (Wildman–Crippen MR) is 92.9 cm³/mol. The lowest BCUT2D eigenvalue weighted by Gasteiger charge is -2.23. The van der Waals surface area contributed by atoms with E-state index in [1.807, 2.05) is 42.5 Å². The molecule has 0 aliphatic heterocycles. The summed E-state index contributed by atoms with van der Waals surface area (Å²) in [6, 6.07) is 13.8. The van der Waals surface area contributed by atoms with Crippen molar-refractivity contribution in [3.05, 3.63) is 42.5 Å². The van der Waals surface area contributed by atoms with Crippen LogP contribution in [0.15, 0.2) is 42.5 Å². The third kappa shape index (κ3) is 4.94. The van der Waals surface area contributed by atoms with Crippen molar-refractivity contribution in [2.24, 2.45) is 0 Å². The van der Waals surface area contributed by atoms with Gasteiger partial charge in [0.1, 0.15) is 0 Å². The number of amides is 2. The van der Waals surface area contributed by atoms with Gasteiger partial charge in [0.2, 0.25) is 0 Å². The molecule has 5 nitrogen and oxygen atoms in total. The van der Waals surface area contributed by atoms with Crippen molar-refractivity contribution in [2.45, 2.75) is 6.42 Å². The molecule has 0 heterocycles. The molecule has 23 heavy (non-hydrogen) atoms. The number of benzene rings is 2. The number of carbonyl (C=O) groups excluding carboxylic acids is 1. The van der Waals surface area contributed by atoms with Crippen LogP contribution in [-0.4, -0.2) is 51.5 Å². The maximum Gasteiger partial charge on any atom is 0.321 e. The highest BCUT2D eigenvalue weighted by molar-refractivity contribution is 6.01. The Morgan fingerprint density at radius 2 is 1.74 bits per heavy atom. The van der Waals surface area contributed by atoms with Crippen LogP contribution in [0.4, 0.5) is 10.5 Å². The van der Waals surface area contributed by atoms with Gasteiger partial charge in [0, 0.05) is 39.3 Å². The molecule has 0 fully saturated rings. The molecule has 2 amide bonds. The van der Waals surface area contributed by atoms with E-state index in [9.17, 15) is 4.79 Å². The van der Waals surface area contributed by atoms with E-state index in [-0.39, 0.29) is 6.03 Å². The normalized spacial score (nSPS) is 10.7. The molecule has 1 N–H and O–H groups in total. The molecule has 2 aromatic carbocycles. The second-order valence-electron chi connectivity index (χ2n) is 5.28. The Hall–Kier alpha value is -2.11. The van der Waals surface area contributed by atoms with Gasteiger partial charge in [-0.1, -0.05) is 36.4 Å². The number of carbonyl (C=O) groups is 1. The zero-order chi connectivity index (χ0) is 16.5. The Balaban J connectivity index is 2.09. The van der Waals surface area contributed by atoms with Gasteiger partial charge in [0.15, 0.2) is 0 Å². The first-order valence-electron chi connectivity index (χ1n) is 7.78. The van der Waals surface area contributed by atoms with E-state index >= 15 is 0 Å². The maximum atomic E-state index is 12.6. The van der Waals surface area contributed by atoms with Gasteiger partial charge in [0.25, 0.3) is 0 Å². The fourth-order valence-corrected chi connectivity index (χ4v) is 2.44. The van der Waals surface area contributed by atoms with E-state index in [0.717, 1.165) is 22.9 Å². The average Bonchev–Trinajstić information content (AvgIpc) is 2.58. The van der Waals surface area contributed by atoms with Crippen molar-refractivity contribution >= 4 is 22.5 Å². The number of nitrogens with one attached hydrogen (secondary N) is 1. The molecule has 5 heteroatoms. The van der Waals surface area contributed by atoms with Gasteiger partial charge in [-0.2, -0.15) is 0 Å². The van der Waals surface area contributed by atoms with Crippen molar-refractivity contribution < 1.29 is 14.3 Å². The third-order valence-corrected chi connectivity index (χ3v) is 3.66. The molecule has 0 aliphatic rings. The average molecular weight is 316 g/mol. The Morgan fingerprint density at radius 3 is 2.52 bits per heavy atom. The molecule has 0 radical (unpaired) electrons. The molecule has 0 bridgehead atoms. The summed E-state index contributed by atoms with van der Waals surface area (Å²) >= 11 is 0. The number of fused-ring (bicyclic) bond motifs is 1. The van der Waals surface area contributed by atoms with Crippen molar-refractivity contribution in [3.63, 3.8) is 0 Å². The molecule has 124 valence electrons. The third-order valence-electron chi connectivity index (χ3n) is 3.66. The highest BCUT2D eigenvalue weighted by Crippen LogP contribution is 2.23. The molecule has 0 spiro atoms. The van der Waals surface area contributed by atoms with E-state index in [2.05, 4.69) is 5.32 Å². The fourth-order valence-electron chi connectivity index (χ4n) is 2.44. The maximum absolute atomic E-state index is 12.6. The first-order valence-corrected chi connectivity index (χ1v) is 7.78. The lowest BCUT2D eigenvalue weighted by molar-refractivity contribution is 0.143. The fraction of sp³-hybridized carbons (Fsp3) is 0.389. The van der Waals surface area contributed by atoms with Crippen LogP contribution in [0, 0.1) is 0 Å². The quantitative estimate of drug-likeness (QED) is 0.760. The second kappa shape index (κ2) is 9.12. The minimum Gasteiger partial charge on any atom is -0.385 e. The van der Waals surface area contributed by atoms with Crippen LogP contribution >= 0.6 is 0 Å². The van der Waals surface area contributed by atoms with Crippen molar-refractivity contribution in [1.29, 1.82) is 0 Å². The highest BCUT2D eigenvalue weighted by Gasteiger charge is 2.14. The number of anilines is 1. The van der Waals surface area contributed by atoms with Crippen molar-refractivity contribution in [2.75, 3.05) is 45.8 Å². The minimum absolute atomic E-state index is 0.116. The van der Waals surface area contributed by atoms with Gasteiger partial charge >= 0.3 is 6.03 Å². The van der Waals surface area contributed by atoms with Crippen molar-refractivity contribution in [1.82, 2.24) is 4.90 Å². The smallest absolute Gasteiger partial charge is 0.321 e. The Bertz CT molecular complexity index is 625. The number of ether oxygens (including phenoxy) is 2. The Kier molecular flexibility index (Phi) is 6.84. The summed E-state index contributed by atoms with van der Waals surface area (Å²) in [5.41, 5.74) is 0.822. The first kappa shape index (κ1) is 17.2. The van der Waals surface area contributed by atoms with E-state index in [0.29, 0.717) is 26.3 Å². The summed E-state index contributed by atoms with van der Waals surface area (Å²) in [4.78, 5) is 14.3. The number of rotatable bonds is 8. The molecule has 0 saturated carbocycles. The Labute approximate surface area is 137 Å². The number of hydrogen-bond donors (Lipinski definition) is 1. The van der Waals surface area contributed by atoms with Crippen LogP contribution in [0.3, 0.4) is 0 Å². The predicted octanol–water partition coefficient (Wildman–Crippen LogP) is 3.36. The molecule has 2 rings (SSSR count). The minimum atomic E-state index is -0.116. The molecule has 0 aromatic heterocycles. The highest BCUT2D eigenvalue weighted by atomic mass is 16.5. The summed E-state index contributed by atoms with van der Waals surface area (Å²) in [5.74, 6) is 0. The molecule has 0 atom stereocenters. The lowest BCUT2D eigenvalue weighted by atomic mass is 10.1. The van der Waals surface area contributed by atoms with Crippen LogP contribution in [-0.2, 0) is 9.47 Å². The zero-order valence-electron chi connectivity index (χ0n) is 13.7. The SMILES string of the molecule is COCCCN(CCOC)C(=O)Nc1cccc2ccccc12. The van der Waals surface area contributed by atoms with E-state index in [1.54, 1.807) is 19.1 Å².